The molecule has 108 valence electrons. The topological polar surface area (TPSA) is 32.8 Å². The highest BCUT2D eigenvalue weighted by atomic mass is 16.5. The van der Waals surface area contributed by atoms with E-state index in [0.717, 1.165) is 19.6 Å². The number of fused-ring (bicyclic) bond motifs is 1. The summed E-state index contributed by atoms with van der Waals surface area (Å²) >= 11 is 0. The van der Waals surface area contributed by atoms with Gasteiger partial charge in [-0.05, 0) is 31.4 Å². The predicted molar refractivity (Wildman–Crippen MR) is 77.4 cm³/mol. The first kappa shape index (κ1) is 13.4. The smallest absolute Gasteiger partial charge is 0.409 e. The number of carbonyl (C=O) groups is 1. The summed E-state index contributed by atoms with van der Waals surface area (Å²) in [6.07, 6.45) is 0.988. The predicted octanol–water partition coefficient (Wildman–Crippen LogP) is 2.52. The first-order valence-corrected chi connectivity index (χ1v) is 7.34. The molecule has 4 heteroatoms. The Morgan fingerprint density at radius 3 is 2.75 bits per heavy atom. The average Bonchev–Trinajstić information content (AvgIpc) is 3.06. The molecule has 0 bridgehead atoms. The fourth-order valence-electron chi connectivity index (χ4n) is 3.68. The van der Waals surface area contributed by atoms with E-state index in [1.54, 1.807) is 0 Å². The van der Waals surface area contributed by atoms with E-state index < -0.39 is 0 Å². The summed E-state index contributed by atoms with van der Waals surface area (Å²) < 4.78 is 4.85. The SMILES string of the molecule is COC(=O)N1C[C@@H]2CCN([C@H](C)c3ccccc3)[C@H]2C1. The molecule has 0 radical (unpaired) electrons. The minimum atomic E-state index is -0.188. The molecule has 2 aliphatic rings. The minimum absolute atomic E-state index is 0.188. The van der Waals surface area contributed by atoms with Crippen LogP contribution in [-0.2, 0) is 4.74 Å². The van der Waals surface area contributed by atoms with Gasteiger partial charge in [-0.1, -0.05) is 30.3 Å². The number of carbonyl (C=O) groups excluding carboxylic acids is 1. The van der Waals surface area contributed by atoms with Gasteiger partial charge in [0, 0.05) is 25.2 Å². The first-order valence-electron chi connectivity index (χ1n) is 7.34. The Kier molecular flexibility index (Phi) is 3.66. The van der Waals surface area contributed by atoms with Crippen molar-refractivity contribution in [2.75, 3.05) is 26.7 Å². The zero-order chi connectivity index (χ0) is 14.1. The van der Waals surface area contributed by atoms with Gasteiger partial charge < -0.3 is 9.64 Å². The summed E-state index contributed by atoms with van der Waals surface area (Å²) in [6.45, 7) is 5.03. The second-order valence-electron chi connectivity index (χ2n) is 5.82. The highest BCUT2D eigenvalue weighted by Crippen LogP contribution is 2.37. The van der Waals surface area contributed by atoms with Crippen molar-refractivity contribution in [3.05, 3.63) is 35.9 Å². The fourth-order valence-corrected chi connectivity index (χ4v) is 3.68. The molecular formula is C16H22N2O2. The van der Waals surface area contributed by atoms with Crippen LogP contribution in [0.15, 0.2) is 30.3 Å². The molecule has 2 saturated heterocycles. The van der Waals surface area contributed by atoms with Crippen molar-refractivity contribution in [1.82, 2.24) is 9.80 Å². The normalized spacial score (nSPS) is 27.4. The Labute approximate surface area is 120 Å². The Morgan fingerprint density at radius 2 is 2.05 bits per heavy atom. The lowest BCUT2D eigenvalue weighted by molar-refractivity contribution is 0.122. The Morgan fingerprint density at radius 1 is 1.30 bits per heavy atom. The van der Waals surface area contributed by atoms with Gasteiger partial charge in [0.2, 0.25) is 0 Å². The molecule has 0 unspecified atom stereocenters. The van der Waals surface area contributed by atoms with Crippen molar-refractivity contribution in [3.8, 4) is 0 Å². The van der Waals surface area contributed by atoms with E-state index in [1.165, 1.54) is 19.1 Å². The summed E-state index contributed by atoms with van der Waals surface area (Å²) in [4.78, 5) is 16.1. The van der Waals surface area contributed by atoms with Crippen molar-refractivity contribution in [1.29, 1.82) is 0 Å². The van der Waals surface area contributed by atoms with Gasteiger partial charge in [-0.2, -0.15) is 0 Å². The van der Waals surface area contributed by atoms with Gasteiger partial charge in [0.25, 0.3) is 0 Å². The molecule has 2 aliphatic heterocycles. The molecule has 1 aromatic carbocycles. The lowest BCUT2D eigenvalue weighted by Gasteiger charge is -2.30. The fraction of sp³-hybridized carbons (Fsp3) is 0.562. The summed E-state index contributed by atoms with van der Waals surface area (Å²) in [7, 11) is 1.46. The van der Waals surface area contributed by atoms with Crippen LogP contribution in [0.4, 0.5) is 4.79 Å². The summed E-state index contributed by atoms with van der Waals surface area (Å²) in [6, 6.07) is 11.5. The van der Waals surface area contributed by atoms with E-state index in [0.29, 0.717) is 18.0 Å². The van der Waals surface area contributed by atoms with E-state index in [2.05, 4.69) is 42.2 Å². The van der Waals surface area contributed by atoms with Crippen LogP contribution in [0.3, 0.4) is 0 Å². The second-order valence-corrected chi connectivity index (χ2v) is 5.82. The highest BCUT2D eigenvalue weighted by molar-refractivity contribution is 5.68. The van der Waals surface area contributed by atoms with Crippen molar-refractivity contribution in [2.24, 2.45) is 5.92 Å². The first-order chi connectivity index (χ1) is 9.70. The molecule has 0 N–H and O–H groups in total. The van der Waals surface area contributed by atoms with Crippen LogP contribution in [-0.4, -0.2) is 48.7 Å². The Balaban J connectivity index is 1.72. The molecule has 0 saturated carbocycles. The molecule has 3 rings (SSSR count). The minimum Gasteiger partial charge on any atom is -0.453 e. The largest absolute Gasteiger partial charge is 0.453 e. The third-order valence-electron chi connectivity index (χ3n) is 4.80. The van der Waals surface area contributed by atoms with Gasteiger partial charge in [0.1, 0.15) is 0 Å². The van der Waals surface area contributed by atoms with Crippen molar-refractivity contribution >= 4 is 6.09 Å². The number of rotatable bonds is 2. The zero-order valence-corrected chi connectivity index (χ0v) is 12.2. The van der Waals surface area contributed by atoms with Gasteiger partial charge in [-0.15, -0.1) is 0 Å². The van der Waals surface area contributed by atoms with Gasteiger partial charge in [0.15, 0.2) is 0 Å². The van der Waals surface area contributed by atoms with E-state index in [9.17, 15) is 4.79 Å². The van der Waals surface area contributed by atoms with Crippen molar-refractivity contribution in [3.63, 3.8) is 0 Å². The molecule has 20 heavy (non-hydrogen) atoms. The molecule has 0 aromatic heterocycles. The second kappa shape index (κ2) is 5.44. The third-order valence-corrected chi connectivity index (χ3v) is 4.80. The number of nitrogens with zero attached hydrogens (tertiary/aromatic N) is 2. The molecule has 1 aromatic rings. The molecule has 3 atom stereocenters. The molecule has 2 fully saturated rings. The number of likely N-dealkylation sites (tertiary alicyclic amines) is 2. The molecule has 2 heterocycles. The summed E-state index contributed by atoms with van der Waals surface area (Å²) in [5, 5.41) is 0. The molecule has 4 nitrogen and oxygen atoms in total. The number of hydrogen-bond acceptors (Lipinski definition) is 3. The highest BCUT2D eigenvalue weighted by Gasteiger charge is 2.44. The van der Waals surface area contributed by atoms with Crippen LogP contribution in [0.25, 0.3) is 0 Å². The zero-order valence-electron chi connectivity index (χ0n) is 12.2. The quantitative estimate of drug-likeness (QED) is 0.831. The van der Waals surface area contributed by atoms with Crippen LogP contribution in [0.1, 0.15) is 24.9 Å². The van der Waals surface area contributed by atoms with E-state index in [-0.39, 0.29) is 6.09 Å². The Hall–Kier alpha value is -1.55. The maximum atomic E-state index is 11.7. The molecular weight excluding hydrogens is 252 g/mol. The van der Waals surface area contributed by atoms with Crippen molar-refractivity contribution < 1.29 is 9.53 Å². The van der Waals surface area contributed by atoms with Crippen LogP contribution in [0, 0.1) is 5.92 Å². The van der Waals surface area contributed by atoms with Crippen LogP contribution in [0.5, 0.6) is 0 Å². The third kappa shape index (κ3) is 2.29. The number of hydrogen-bond donors (Lipinski definition) is 0. The number of methoxy groups -OCH3 is 1. The molecule has 0 aliphatic carbocycles. The maximum absolute atomic E-state index is 11.7. The Bertz CT molecular complexity index is 477. The number of amides is 1. The maximum Gasteiger partial charge on any atom is 0.409 e. The lowest BCUT2D eigenvalue weighted by Crippen LogP contribution is -2.38. The summed E-state index contributed by atoms with van der Waals surface area (Å²) in [5.74, 6) is 0.597. The molecule has 0 spiro atoms. The van der Waals surface area contributed by atoms with Crippen molar-refractivity contribution in [2.45, 2.75) is 25.4 Å². The molecule has 1 amide bonds. The van der Waals surface area contributed by atoms with Gasteiger partial charge >= 0.3 is 6.09 Å². The van der Waals surface area contributed by atoms with Crippen LogP contribution < -0.4 is 0 Å². The van der Waals surface area contributed by atoms with Gasteiger partial charge in [-0.25, -0.2) is 4.79 Å². The number of ether oxygens (including phenoxy) is 1. The lowest BCUT2D eigenvalue weighted by atomic mass is 10.0. The van der Waals surface area contributed by atoms with Gasteiger partial charge in [-0.3, -0.25) is 4.90 Å². The van der Waals surface area contributed by atoms with E-state index in [4.69, 9.17) is 4.74 Å². The average molecular weight is 274 g/mol. The van der Waals surface area contributed by atoms with Crippen LogP contribution in [0.2, 0.25) is 0 Å². The van der Waals surface area contributed by atoms with E-state index in [1.807, 2.05) is 4.90 Å². The van der Waals surface area contributed by atoms with Gasteiger partial charge in [0.05, 0.1) is 7.11 Å². The monoisotopic (exact) mass is 274 g/mol. The standard InChI is InChI=1S/C16H22N2O2/c1-12(13-6-4-3-5-7-13)18-9-8-14-10-17(11-15(14)18)16(19)20-2/h3-7,12,14-15H,8-11H2,1-2H3/t12-,14+,15+/m1/s1. The van der Waals surface area contributed by atoms with Crippen LogP contribution >= 0.6 is 0 Å². The summed E-state index contributed by atoms with van der Waals surface area (Å²) in [5.41, 5.74) is 1.35. The van der Waals surface area contributed by atoms with E-state index >= 15 is 0 Å². The number of benzene rings is 1.